The third-order valence-electron chi connectivity index (χ3n) is 4.57. The molecule has 0 atom stereocenters. The average Bonchev–Trinajstić information content (AvgIpc) is 2.94. The zero-order chi connectivity index (χ0) is 17.3. The molecule has 23 heavy (non-hydrogen) atoms. The molecule has 4 nitrogen and oxygen atoms in total. The lowest BCUT2D eigenvalue weighted by molar-refractivity contribution is -0.0435. The van der Waals surface area contributed by atoms with Crippen molar-refractivity contribution in [2.45, 2.75) is 41.6 Å². The van der Waals surface area contributed by atoms with Crippen molar-refractivity contribution in [1.82, 2.24) is 4.90 Å². The zero-order valence-electron chi connectivity index (χ0n) is 13.2. The molecule has 0 aromatic heterocycles. The molecule has 0 unspecified atom stereocenters. The Bertz CT molecular complexity index is 651. The fourth-order valence-corrected chi connectivity index (χ4v) is 3.98. The quantitative estimate of drug-likeness (QED) is 0.885. The molecule has 130 valence electrons. The third kappa shape index (κ3) is 3.47. The minimum Gasteiger partial charge on any atom is -0.382 e. The molecule has 0 aliphatic heterocycles. The van der Waals surface area contributed by atoms with Gasteiger partial charge in [0.1, 0.15) is 0 Å². The van der Waals surface area contributed by atoms with Gasteiger partial charge in [-0.3, -0.25) is 0 Å². The summed E-state index contributed by atoms with van der Waals surface area (Å²) >= 11 is 0. The summed E-state index contributed by atoms with van der Waals surface area (Å²) in [6.45, 7) is 0.407. The molecule has 0 heterocycles. The van der Waals surface area contributed by atoms with E-state index in [1.807, 2.05) is 14.1 Å². The molecule has 1 aromatic rings. The highest BCUT2D eigenvalue weighted by molar-refractivity contribution is 7.92. The van der Waals surface area contributed by atoms with Crippen LogP contribution in [-0.4, -0.2) is 45.0 Å². The standard InChI is InChI=1S/C15H21F3N2O2S/c1-20(2)14(9-5-6-10-14)11-19-12-7-3-4-8-13(12)23(21,22)15(16,17)18/h3-4,7-8,19H,5-6,9-11H2,1-2H3. The maximum Gasteiger partial charge on any atom is 0.501 e. The molecule has 2 rings (SSSR count). The number of halogens is 3. The topological polar surface area (TPSA) is 49.4 Å². The molecule has 8 heteroatoms. The predicted molar refractivity (Wildman–Crippen MR) is 83.1 cm³/mol. The molecular weight excluding hydrogens is 329 g/mol. The van der Waals surface area contributed by atoms with Crippen molar-refractivity contribution in [2.75, 3.05) is 26.0 Å². The predicted octanol–water partition coefficient (Wildman–Crippen LogP) is 3.27. The number of benzene rings is 1. The largest absolute Gasteiger partial charge is 0.501 e. The van der Waals surface area contributed by atoms with Gasteiger partial charge >= 0.3 is 5.51 Å². The minimum atomic E-state index is -5.37. The summed E-state index contributed by atoms with van der Waals surface area (Å²) in [5, 5.41) is 2.93. The van der Waals surface area contributed by atoms with Gasteiger partial charge in [-0.05, 0) is 39.1 Å². The van der Waals surface area contributed by atoms with Crippen LogP contribution in [0.5, 0.6) is 0 Å². The SMILES string of the molecule is CN(C)C1(CNc2ccccc2S(=O)(=O)C(F)(F)F)CCCC1. The van der Waals surface area contributed by atoms with Crippen molar-refractivity contribution >= 4 is 15.5 Å². The number of sulfone groups is 1. The molecular formula is C15H21F3N2O2S. The van der Waals surface area contributed by atoms with E-state index in [1.54, 1.807) is 0 Å². The summed E-state index contributed by atoms with van der Waals surface area (Å²) < 4.78 is 61.9. The monoisotopic (exact) mass is 350 g/mol. The number of likely N-dealkylation sites (N-methyl/N-ethyl adjacent to an activating group) is 1. The first-order chi connectivity index (χ1) is 10.6. The van der Waals surface area contributed by atoms with Crippen molar-refractivity contribution in [3.63, 3.8) is 0 Å². The first kappa shape index (κ1) is 18.1. The van der Waals surface area contributed by atoms with Gasteiger partial charge in [-0.15, -0.1) is 0 Å². The van der Waals surface area contributed by atoms with E-state index < -0.39 is 20.2 Å². The number of rotatable bonds is 5. The fraction of sp³-hybridized carbons (Fsp3) is 0.600. The Hall–Kier alpha value is -1.28. The van der Waals surface area contributed by atoms with E-state index in [1.165, 1.54) is 18.2 Å². The molecule has 1 aromatic carbocycles. The molecule has 1 aliphatic rings. The van der Waals surface area contributed by atoms with E-state index in [0.29, 0.717) is 6.54 Å². The molecule has 0 amide bonds. The van der Waals surface area contributed by atoms with Gasteiger partial charge in [0.15, 0.2) is 0 Å². The van der Waals surface area contributed by atoms with E-state index in [-0.39, 0.29) is 11.2 Å². The lowest BCUT2D eigenvalue weighted by Crippen LogP contribution is -2.47. The highest BCUT2D eigenvalue weighted by Gasteiger charge is 2.48. The molecule has 1 N–H and O–H groups in total. The number of hydrogen-bond donors (Lipinski definition) is 1. The van der Waals surface area contributed by atoms with Crippen LogP contribution in [0.2, 0.25) is 0 Å². The van der Waals surface area contributed by atoms with Gasteiger partial charge in [0.25, 0.3) is 9.84 Å². The number of para-hydroxylation sites is 1. The Kier molecular flexibility index (Phi) is 4.96. The number of nitrogens with one attached hydrogen (secondary N) is 1. The molecule has 0 bridgehead atoms. The van der Waals surface area contributed by atoms with Crippen LogP contribution in [0.4, 0.5) is 18.9 Å². The van der Waals surface area contributed by atoms with Crippen molar-refractivity contribution in [2.24, 2.45) is 0 Å². The summed E-state index contributed by atoms with van der Waals surface area (Å²) in [4.78, 5) is 1.34. The van der Waals surface area contributed by atoms with Crippen molar-refractivity contribution in [3.05, 3.63) is 24.3 Å². The van der Waals surface area contributed by atoms with Gasteiger partial charge in [-0.1, -0.05) is 25.0 Å². The Morgan fingerprint density at radius 3 is 2.26 bits per heavy atom. The van der Waals surface area contributed by atoms with Crippen LogP contribution in [0.25, 0.3) is 0 Å². The first-order valence-corrected chi connectivity index (χ1v) is 8.90. The fourth-order valence-electron chi connectivity index (χ4n) is 3.05. The second-order valence-electron chi connectivity index (χ2n) is 6.12. The normalized spacial score (nSPS) is 18.3. The van der Waals surface area contributed by atoms with E-state index in [2.05, 4.69) is 10.2 Å². The highest BCUT2D eigenvalue weighted by atomic mass is 32.2. The van der Waals surface area contributed by atoms with Crippen molar-refractivity contribution in [3.8, 4) is 0 Å². The van der Waals surface area contributed by atoms with Crippen LogP contribution in [0.3, 0.4) is 0 Å². The average molecular weight is 350 g/mol. The maximum absolute atomic E-state index is 12.8. The molecule has 0 saturated heterocycles. The minimum absolute atomic E-state index is 0.00190. The van der Waals surface area contributed by atoms with Gasteiger partial charge in [0.2, 0.25) is 0 Å². The lowest BCUT2D eigenvalue weighted by atomic mass is 9.96. The second kappa shape index (κ2) is 6.32. The maximum atomic E-state index is 12.8. The first-order valence-electron chi connectivity index (χ1n) is 7.42. The van der Waals surface area contributed by atoms with E-state index in [4.69, 9.17) is 0 Å². The summed E-state index contributed by atoms with van der Waals surface area (Å²) in [7, 11) is -1.50. The Morgan fingerprint density at radius 2 is 1.74 bits per heavy atom. The molecule has 0 radical (unpaired) electrons. The van der Waals surface area contributed by atoms with Gasteiger partial charge in [0.05, 0.1) is 10.6 Å². The van der Waals surface area contributed by atoms with Gasteiger partial charge in [-0.2, -0.15) is 13.2 Å². The molecule has 1 saturated carbocycles. The second-order valence-corrected chi connectivity index (χ2v) is 8.03. The summed E-state index contributed by atoms with van der Waals surface area (Å²) in [6.07, 6.45) is 3.98. The van der Waals surface area contributed by atoms with E-state index in [9.17, 15) is 21.6 Å². The van der Waals surface area contributed by atoms with Gasteiger partial charge in [0, 0.05) is 12.1 Å². The third-order valence-corrected chi connectivity index (χ3v) is 6.12. The van der Waals surface area contributed by atoms with Crippen LogP contribution >= 0.6 is 0 Å². The molecule has 1 aliphatic carbocycles. The highest BCUT2D eigenvalue weighted by Crippen LogP contribution is 2.37. The van der Waals surface area contributed by atoms with Crippen LogP contribution < -0.4 is 5.32 Å². The van der Waals surface area contributed by atoms with Crippen molar-refractivity contribution in [1.29, 1.82) is 0 Å². The lowest BCUT2D eigenvalue weighted by Gasteiger charge is -2.37. The Morgan fingerprint density at radius 1 is 1.17 bits per heavy atom. The van der Waals surface area contributed by atoms with Crippen molar-refractivity contribution < 1.29 is 21.6 Å². The Balaban J connectivity index is 2.29. The van der Waals surface area contributed by atoms with Crippen LogP contribution in [-0.2, 0) is 9.84 Å². The molecule has 1 fully saturated rings. The van der Waals surface area contributed by atoms with Crippen LogP contribution in [0.1, 0.15) is 25.7 Å². The zero-order valence-corrected chi connectivity index (χ0v) is 14.0. The number of alkyl halides is 3. The van der Waals surface area contributed by atoms with Gasteiger partial charge < -0.3 is 10.2 Å². The Labute approximate surface area is 134 Å². The molecule has 0 spiro atoms. The summed E-state index contributed by atoms with van der Waals surface area (Å²) in [6, 6.07) is 5.18. The summed E-state index contributed by atoms with van der Waals surface area (Å²) in [5.41, 5.74) is -5.47. The van der Waals surface area contributed by atoms with E-state index >= 15 is 0 Å². The van der Waals surface area contributed by atoms with E-state index in [0.717, 1.165) is 31.7 Å². The van der Waals surface area contributed by atoms with Gasteiger partial charge in [-0.25, -0.2) is 8.42 Å². The number of anilines is 1. The smallest absolute Gasteiger partial charge is 0.382 e. The summed E-state index contributed by atoms with van der Waals surface area (Å²) in [5.74, 6) is 0. The van der Waals surface area contributed by atoms with Crippen LogP contribution in [0, 0.1) is 0 Å². The number of hydrogen-bond acceptors (Lipinski definition) is 4. The van der Waals surface area contributed by atoms with Crippen LogP contribution in [0.15, 0.2) is 29.2 Å². The number of nitrogens with zero attached hydrogens (tertiary/aromatic N) is 1.